The summed E-state index contributed by atoms with van der Waals surface area (Å²) in [5.41, 5.74) is 2.36. The molecule has 3 atom stereocenters. The van der Waals surface area contributed by atoms with Gasteiger partial charge in [-0.1, -0.05) is 26.3 Å². The van der Waals surface area contributed by atoms with E-state index in [4.69, 9.17) is 0 Å². The molecule has 7 rings (SSSR count). The van der Waals surface area contributed by atoms with E-state index >= 15 is 0 Å². The summed E-state index contributed by atoms with van der Waals surface area (Å²) >= 11 is 0. The van der Waals surface area contributed by atoms with Gasteiger partial charge in [-0.25, -0.2) is 0 Å². The van der Waals surface area contributed by atoms with Crippen molar-refractivity contribution in [3.8, 4) is 5.75 Å². The molecule has 1 aromatic carbocycles. The molecule has 0 heterocycles. The molecule has 1 amide bonds. The maximum Gasteiger partial charge on any atom is 0.226 e. The molecule has 5 saturated carbocycles. The van der Waals surface area contributed by atoms with Crippen molar-refractivity contribution in [3.63, 3.8) is 0 Å². The number of phenols is 1. The van der Waals surface area contributed by atoms with Gasteiger partial charge in [0.1, 0.15) is 5.75 Å². The molecule has 0 spiro atoms. The van der Waals surface area contributed by atoms with E-state index in [1.54, 1.807) is 0 Å². The quantitative estimate of drug-likeness (QED) is 0.695. The highest BCUT2D eigenvalue weighted by Gasteiger charge is 2.56. The summed E-state index contributed by atoms with van der Waals surface area (Å²) in [4.78, 5) is 13.9. The Kier molecular flexibility index (Phi) is 4.16. The van der Waals surface area contributed by atoms with Crippen molar-refractivity contribution in [2.45, 2.75) is 89.5 Å². The number of rotatable bonds is 2. The van der Waals surface area contributed by atoms with Gasteiger partial charge in [-0.2, -0.15) is 0 Å². The first-order valence-electron chi connectivity index (χ1n) is 12.5. The average Bonchev–Trinajstić information content (AvgIpc) is 2.70. The molecule has 3 heteroatoms. The first-order chi connectivity index (χ1) is 14.4. The van der Waals surface area contributed by atoms with Crippen LogP contribution in [0, 0.1) is 35.0 Å². The Balaban J connectivity index is 1.28. The average molecular weight is 408 g/mol. The van der Waals surface area contributed by atoms with Crippen molar-refractivity contribution in [2.24, 2.45) is 35.0 Å². The van der Waals surface area contributed by atoms with E-state index in [2.05, 4.69) is 25.2 Å². The number of hydrogen-bond donors (Lipinski definition) is 2. The molecule has 2 N–H and O–H groups in total. The Morgan fingerprint density at radius 2 is 1.73 bits per heavy atom. The Morgan fingerprint density at radius 1 is 1.03 bits per heavy atom. The van der Waals surface area contributed by atoms with Crippen molar-refractivity contribution < 1.29 is 9.90 Å². The third kappa shape index (κ3) is 2.66. The molecule has 1 aromatic rings. The molecular formula is C27H37NO2. The molecule has 0 saturated heterocycles. The van der Waals surface area contributed by atoms with Crippen molar-refractivity contribution in [3.05, 3.63) is 29.3 Å². The number of nitrogens with one attached hydrogen (secondary N) is 1. The Labute approximate surface area is 181 Å². The fourth-order valence-electron chi connectivity index (χ4n) is 9.20. The van der Waals surface area contributed by atoms with Crippen molar-refractivity contribution in [1.82, 2.24) is 5.32 Å². The van der Waals surface area contributed by atoms with Crippen LogP contribution in [0.2, 0.25) is 0 Å². The van der Waals surface area contributed by atoms with Crippen LogP contribution in [0.25, 0.3) is 0 Å². The zero-order chi connectivity index (χ0) is 20.7. The third-order valence-corrected chi connectivity index (χ3v) is 10.4. The van der Waals surface area contributed by atoms with Gasteiger partial charge in [0, 0.05) is 6.04 Å². The molecule has 6 aliphatic carbocycles. The van der Waals surface area contributed by atoms with E-state index < -0.39 is 0 Å². The van der Waals surface area contributed by atoms with Crippen molar-refractivity contribution >= 4 is 5.91 Å². The minimum absolute atomic E-state index is 0.0132. The van der Waals surface area contributed by atoms with Gasteiger partial charge in [0.05, 0.1) is 5.41 Å². The van der Waals surface area contributed by atoms with Gasteiger partial charge < -0.3 is 10.4 Å². The van der Waals surface area contributed by atoms with Gasteiger partial charge in [-0.15, -0.1) is 0 Å². The largest absolute Gasteiger partial charge is 0.508 e. The summed E-state index contributed by atoms with van der Waals surface area (Å²) in [5, 5.41) is 13.9. The minimum atomic E-state index is -0.301. The summed E-state index contributed by atoms with van der Waals surface area (Å²) in [6.45, 7) is 4.62. The molecule has 5 fully saturated rings. The zero-order valence-corrected chi connectivity index (χ0v) is 18.6. The van der Waals surface area contributed by atoms with E-state index in [1.807, 2.05) is 12.1 Å². The van der Waals surface area contributed by atoms with Gasteiger partial charge in [-0.05, 0) is 116 Å². The number of amides is 1. The third-order valence-electron chi connectivity index (χ3n) is 10.4. The van der Waals surface area contributed by atoms with E-state index in [-0.39, 0.29) is 10.8 Å². The van der Waals surface area contributed by atoms with Crippen molar-refractivity contribution in [2.75, 3.05) is 0 Å². The second-order valence-corrected chi connectivity index (χ2v) is 12.1. The molecule has 4 bridgehead atoms. The molecule has 30 heavy (non-hydrogen) atoms. The highest BCUT2D eigenvalue weighted by molar-refractivity contribution is 5.83. The summed E-state index contributed by atoms with van der Waals surface area (Å²) < 4.78 is 0. The van der Waals surface area contributed by atoms with Crippen LogP contribution >= 0.6 is 0 Å². The Bertz CT molecular complexity index is 850. The number of carbonyl (C=O) groups is 1. The van der Waals surface area contributed by atoms with Crippen LogP contribution < -0.4 is 5.32 Å². The lowest BCUT2D eigenvalue weighted by molar-refractivity contribution is -0.143. The number of fused-ring (bicyclic) bond motifs is 3. The van der Waals surface area contributed by atoms with Crippen LogP contribution in [0.3, 0.4) is 0 Å². The fraction of sp³-hybridized carbons (Fsp3) is 0.741. The molecule has 0 aliphatic heterocycles. The lowest BCUT2D eigenvalue weighted by atomic mass is 9.49. The van der Waals surface area contributed by atoms with E-state index in [0.717, 1.165) is 55.8 Å². The topological polar surface area (TPSA) is 49.3 Å². The normalized spacial score (nSPS) is 46.2. The number of benzene rings is 1. The molecule has 0 unspecified atom stereocenters. The lowest BCUT2D eigenvalue weighted by Crippen LogP contribution is -2.61. The van der Waals surface area contributed by atoms with Crippen molar-refractivity contribution in [1.29, 1.82) is 0 Å². The van der Waals surface area contributed by atoms with Gasteiger partial charge in [0.2, 0.25) is 5.91 Å². The number of hydrogen-bond acceptors (Lipinski definition) is 2. The fourth-order valence-corrected chi connectivity index (χ4v) is 9.20. The number of aromatic hydroxyl groups is 1. The molecular weight excluding hydrogens is 370 g/mol. The molecule has 0 aromatic heterocycles. The molecule has 3 nitrogen and oxygen atoms in total. The second-order valence-electron chi connectivity index (χ2n) is 12.1. The lowest BCUT2D eigenvalue weighted by Gasteiger charge is -2.57. The van der Waals surface area contributed by atoms with Gasteiger partial charge >= 0.3 is 0 Å². The van der Waals surface area contributed by atoms with Gasteiger partial charge in [0.15, 0.2) is 0 Å². The maximum absolute atomic E-state index is 13.9. The zero-order valence-electron chi connectivity index (χ0n) is 18.6. The number of carbonyl (C=O) groups excluding carboxylic acids is 1. The second kappa shape index (κ2) is 6.50. The van der Waals surface area contributed by atoms with Crippen LogP contribution in [0.5, 0.6) is 5.75 Å². The Morgan fingerprint density at radius 3 is 2.43 bits per heavy atom. The van der Waals surface area contributed by atoms with Crippen LogP contribution in [-0.2, 0) is 16.6 Å². The number of aryl methyl sites for hydroxylation is 1. The van der Waals surface area contributed by atoms with E-state index in [0.29, 0.717) is 23.6 Å². The maximum atomic E-state index is 13.9. The highest BCUT2D eigenvalue weighted by Crippen LogP contribution is 2.58. The molecule has 6 aliphatic rings. The first-order valence-corrected chi connectivity index (χ1v) is 12.5. The van der Waals surface area contributed by atoms with Crippen LogP contribution in [-0.4, -0.2) is 17.1 Å². The monoisotopic (exact) mass is 407 g/mol. The summed E-state index contributed by atoms with van der Waals surface area (Å²) in [5.74, 6) is 4.39. The van der Waals surface area contributed by atoms with Crippen LogP contribution in [0.15, 0.2) is 18.2 Å². The highest BCUT2D eigenvalue weighted by atomic mass is 16.3. The Hall–Kier alpha value is -1.51. The SMILES string of the molecule is C[C@]1(C(=O)NC2C3CC4CC(C3)CC2C4)CCC[C@]2(C)c3cc(O)ccc3CC[C@@H]12. The van der Waals surface area contributed by atoms with Crippen LogP contribution in [0.1, 0.15) is 82.8 Å². The first kappa shape index (κ1) is 19.2. The summed E-state index contributed by atoms with van der Waals surface area (Å²) in [6.07, 6.45) is 12.2. The standard InChI is InChI=1S/C27H37NO2/c1-26-8-3-9-27(2,23(26)7-5-18-4-6-21(29)15-22(18)26)25(30)28-24-19-11-16-10-17(13-19)14-20(24)12-16/h4,6,15-17,19-20,23-24,29H,3,5,7-14H2,1-2H3,(H,28,30)/t16?,17?,19?,20?,23-,24?,26-,27+/m1/s1. The minimum Gasteiger partial charge on any atom is -0.508 e. The number of phenolic OH excluding ortho intramolecular Hbond substituents is 1. The van der Waals surface area contributed by atoms with E-state index in [1.165, 1.54) is 43.2 Å². The summed E-state index contributed by atoms with van der Waals surface area (Å²) in [6, 6.07) is 6.34. The predicted octanol–water partition coefficient (Wildman–Crippen LogP) is 5.34. The van der Waals surface area contributed by atoms with Crippen LogP contribution in [0.4, 0.5) is 0 Å². The van der Waals surface area contributed by atoms with Gasteiger partial charge in [-0.3, -0.25) is 4.79 Å². The van der Waals surface area contributed by atoms with Gasteiger partial charge in [0.25, 0.3) is 0 Å². The smallest absolute Gasteiger partial charge is 0.226 e. The molecule has 162 valence electrons. The molecule has 0 radical (unpaired) electrons. The van der Waals surface area contributed by atoms with E-state index in [9.17, 15) is 9.90 Å². The summed E-state index contributed by atoms with van der Waals surface area (Å²) in [7, 11) is 0. The predicted molar refractivity (Wildman–Crippen MR) is 118 cm³/mol.